The molecule has 8 nitrogen and oxygen atoms in total. The first kappa shape index (κ1) is 19.7. The molecule has 0 saturated carbocycles. The fourth-order valence-electron chi connectivity index (χ4n) is 3.53. The summed E-state index contributed by atoms with van der Waals surface area (Å²) in [7, 11) is -3.66. The molecule has 1 aromatic carbocycles. The summed E-state index contributed by atoms with van der Waals surface area (Å²) in [5.74, 6) is -2.50. The number of Topliss-reactive ketones (excluding diaryl/α,β-unsaturated/α-hetero) is 2. The molecular weight excluding hydrogens is 372 g/mol. The van der Waals surface area contributed by atoms with Gasteiger partial charge in [-0.15, -0.1) is 0 Å². The number of fused-ring (bicyclic) bond motifs is 1. The molecule has 145 valence electrons. The summed E-state index contributed by atoms with van der Waals surface area (Å²) in [4.78, 5) is 35.7. The van der Waals surface area contributed by atoms with Crippen LogP contribution < -0.4 is 11.1 Å². The summed E-state index contributed by atoms with van der Waals surface area (Å²) in [6.07, 6.45) is 1.07. The second kappa shape index (κ2) is 7.87. The highest BCUT2D eigenvalue weighted by molar-refractivity contribution is 7.90. The van der Waals surface area contributed by atoms with Crippen molar-refractivity contribution in [3.05, 3.63) is 41.8 Å². The highest BCUT2D eigenvalue weighted by Crippen LogP contribution is 2.27. The molecule has 0 aliphatic carbocycles. The number of piperidine rings is 1. The Morgan fingerprint density at radius 3 is 2.78 bits per heavy atom. The van der Waals surface area contributed by atoms with E-state index in [2.05, 4.69) is 5.32 Å². The predicted molar refractivity (Wildman–Crippen MR) is 96.4 cm³/mol. The monoisotopic (exact) mass is 393 g/mol. The summed E-state index contributed by atoms with van der Waals surface area (Å²) in [6.45, 7) is 0.466. The average molecular weight is 393 g/mol. The summed E-state index contributed by atoms with van der Waals surface area (Å²) in [5.41, 5.74) is 5.72. The number of hydrogen-bond donors (Lipinski definition) is 2. The van der Waals surface area contributed by atoms with Crippen LogP contribution in [-0.2, 0) is 29.9 Å². The Bertz CT molecular complexity index is 866. The average Bonchev–Trinajstić information content (AvgIpc) is 3.01. The zero-order valence-corrected chi connectivity index (χ0v) is 15.4. The Kier molecular flexibility index (Phi) is 5.73. The van der Waals surface area contributed by atoms with Gasteiger partial charge in [-0.3, -0.25) is 14.4 Å². The van der Waals surface area contributed by atoms with Gasteiger partial charge in [0.15, 0.2) is 15.6 Å². The number of hydrogen-bond acceptors (Lipinski definition) is 7. The third-order valence-corrected chi connectivity index (χ3v) is 6.30. The zero-order chi connectivity index (χ0) is 19.6. The van der Waals surface area contributed by atoms with Gasteiger partial charge in [0.2, 0.25) is 5.91 Å². The van der Waals surface area contributed by atoms with E-state index in [-0.39, 0.29) is 29.5 Å². The van der Waals surface area contributed by atoms with Gasteiger partial charge in [0, 0.05) is 17.9 Å². The van der Waals surface area contributed by atoms with E-state index in [1.54, 1.807) is 12.1 Å². The minimum absolute atomic E-state index is 0.0334. The van der Waals surface area contributed by atoms with E-state index in [1.165, 1.54) is 12.1 Å². The maximum Gasteiger partial charge on any atom is 0.249 e. The van der Waals surface area contributed by atoms with Crippen molar-refractivity contribution in [1.82, 2.24) is 5.32 Å². The smallest absolute Gasteiger partial charge is 0.249 e. The van der Waals surface area contributed by atoms with Crippen LogP contribution in [0.1, 0.15) is 22.3 Å². The van der Waals surface area contributed by atoms with E-state index >= 15 is 0 Å². The fourth-order valence-corrected chi connectivity index (χ4v) is 4.79. The summed E-state index contributed by atoms with van der Waals surface area (Å²) in [6, 6.07) is 5.71. The molecule has 27 heavy (non-hydrogen) atoms. The van der Waals surface area contributed by atoms with Crippen molar-refractivity contribution >= 4 is 27.3 Å². The Morgan fingerprint density at radius 2 is 2.04 bits per heavy atom. The molecule has 2 saturated heterocycles. The second-order valence-corrected chi connectivity index (χ2v) is 8.86. The van der Waals surface area contributed by atoms with Crippen molar-refractivity contribution < 1.29 is 27.5 Å². The van der Waals surface area contributed by atoms with Gasteiger partial charge >= 0.3 is 0 Å². The van der Waals surface area contributed by atoms with Gasteiger partial charge in [-0.2, -0.15) is 0 Å². The minimum atomic E-state index is -3.66. The molecule has 2 fully saturated rings. The first-order valence-corrected chi connectivity index (χ1v) is 10.4. The molecule has 3 rings (SSSR count). The number of amides is 1. The molecule has 3 N–H and O–H groups in total. The number of rotatable bonds is 7. The Labute approximate surface area is 157 Å². The Hall–Kier alpha value is -2.10. The van der Waals surface area contributed by atoms with Crippen molar-refractivity contribution in [2.24, 2.45) is 11.7 Å². The maximum absolute atomic E-state index is 12.5. The largest absolute Gasteiger partial charge is 0.368 e. The molecule has 1 radical (unpaired) electrons. The second-order valence-electron chi connectivity index (χ2n) is 6.75. The molecule has 0 aromatic heterocycles. The lowest BCUT2D eigenvalue weighted by Crippen LogP contribution is -2.52. The number of ether oxygens (including phenoxy) is 1. The molecular formula is C18H21N2O6S. The molecule has 1 aromatic rings. The lowest BCUT2D eigenvalue weighted by Gasteiger charge is -2.31. The van der Waals surface area contributed by atoms with Crippen molar-refractivity contribution in [2.45, 2.75) is 24.3 Å². The van der Waals surface area contributed by atoms with Gasteiger partial charge in [0.05, 0.1) is 23.7 Å². The van der Waals surface area contributed by atoms with Crippen molar-refractivity contribution in [3.63, 3.8) is 0 Å². The van der Waals surface area contributed by atoms with E-state index in [0.29, 0.717) is 18.5 Å². The van der Waals surface area contributed by atoms with Crippen LogP contribution in [0.25, 0.3) is 0 Å². The van der Waals surface area contributed by atoms with Crippen molar-refractivity contribution in [3.8, 4) is 0 Å². The van der Waals surface area contributed by atoms with Crippen LogP contribution in [0.5, 0.6) is 0 Å². The third kappa shape index (κ3) is 4.42. The van der Waals surface area contributed by atoms with Gasteiger partial charge in [-0.25, -0.2) is 8.42 Å². The van der Waals surface area contributed by atoms with E-state index < -0.39 is 39.6 Å². The van der Waals surface area contributed by atoms with Gasteiger partial charge in [0.25, 0.3) is 0 Å². The van der Waals surface area contributed by atoms with Crippen LogP contribution >= 0.6 is 0 Å². The quantitative estimate of drug-likeness (QED) is 0.633. The first-order chi connectivity index (χ1) is 12.8. The highest BCUT2D eigenvalue weighted by atomic mass is 32.2. The van der Waals surface area contributed by atoms with Gasteiger partial charge in [-0.1, -0.05) is 18.2 Å². The summed E-state index contributed by atoms with van der Waals surface area (Å²) in [5, 5.41) is 3.03. The highest BCUT2D eigenvalue weighted by Gasteiger charge is 2.45. The number of benzene rings is 1. The number of primary amides is 1. The van der Waals surface area contributed by atoms with Crippen LogP contribution in [0.15, 0.2) is 24.3 Å². The lowest BCUT2D eigenvalue weighted by molar-refractivity contribution is -0.125. The molecule has 2 aliphatic heterocycles. The van der Waals surface area contributed by atoms with E-state index in [4.69, 9.17) is 10.5 Å². The van der Waals surface area contributed by atoms with E-state index in [0.717, 1.165) is 6.42 Å². The Balaban J connectivity index is 1.63. The van der Waals surface area contributed by atoms with E-state index in [9.17, 15) is 22.8 Å². The van der Waals surface area contributed by atoms with Gasteiger partial charge < -0.3 is 15.8 Å². The van der Waals surface area contributed by atoms with Crippen LogP contribution in [0.2, 0.25) is 0 Å². The van der Waals surface area contributed by atoms with Crippen LogP contribution in [0.4, 0.5) is 0 Å². The van der Waals surface area contributed by atoms with Crippen LogP contribution in [0.3, 0.4) is 0 Å². The summed E-state index contributed by atoms with van der Waals surface area (Å²) >= 11 is 0. The topological polar surface area (TPSA) is 133 Å². The molecule has 2 heterocycles. The minimum Gasteiger partial charge on any atom is -0.368 e. The summed E-state index contributed by atoms with van der Waals surface area (Å²) < 4.78 is 30.2. The number of ketones is 2. The van der Waals surface area contributed by atoms with Gasteiger partial charge in [-0.05, 0) is 24.6 Å². The normalized spacial score (nSPS) is 25.2. The third-order valence-electron chi connectivity index (χ3n) is 4.87. The molecule has 9 heteroatoms. The van der Waals surface area contributed by atoms with Gasteiger partial charge in [0.1, 0.15) is 12.4 Å². The first-order valence-electron chi connectivity index (χ1n) is 8.61. The number of sulfone groups is 1. The van der Waals surface area contributed by atoms with Crippen molar-refractivity contribution in [1.29, 1.82) is 0 Å². The Morgan fingerprint density at radius 1 is 1.30 bits per heavy atom. The number of carbonyl (C=O) groups is 3. The standard InChI is InChI=1S/C18H21N2O6S/c19-18(23)12-4-2-1-3-11(12)10-27(24,25)8-6-14(21)13-5-7-20-16-15(22)9-26-17(13)16/h1-4,6,13,16-17,20H,5,7-10H2,(H2,19,23). The molecule has 2 aliphatic rings. The van der Waals surface area contributed by atoms with Crippen LogP contribution in [-0.4, -0.2) is 56.9 Å². The van der Waals surface area contributed by atoms with E-state index in [1.807, 2.05) is 0 Å². The zero-order valence-electron chi connectivity index (χ0n) is 14.6. The lowest BCUT2D eigenvalue weighted by atomic mass is 9.85. The number of nitrogens with two attached hydrogens (primary N) is 1. The number of carbonyl (C=O) groups excluding carboxylic acids is 3. The molecule has 1 amide bonds. The predicted octanol–water partition coefficient (Wildman–Crippen LogP) is -0.580. The number of nitrogens with one attached hydrogen (secondary N) is 1. The fraction of sp³-hybridized carbons (Fsp3) is 0.444. The SMILES string of the molecule is NC(=O)c1ccccc1CS(=O)(=O)C[CH]C(=O)C1CCNC2C(=O)COC12. The molecule has 0 spiro atoms. The molecule has 3 unspecified atom stereocenters. The van der Waals surface area contributed by atoms with Crippen molar-refractivity contribution in [2.75, 3.05) is 18.9 Å². The van der Waals surface area contributed by atoms with Crippen LogP contribution in [0, 0.1) is 12.3 Å². The molecule has 0 bridgehead atoms. The molecule has 3 atom stereocenters. The maximum atomic E-state index is 12.5.